The molecule has 0 rings (SSSR count). The predicted octanol–water partition coefficient (Wildman–Crippen LogP) is 11.6. The summed E-state index contributed by atoms with van der Waals surface area (Å²) in [6.45, 7) is 4.45. The van der Waals surface area contributed by atoms with E-state index in [4.69, 9.17) is 9.05 Å². The van der Waals surface area contributed by atoms with Crippen LogP contribution in [0.5, 0.6) is 0 Å². The van der Waals surface area contributed by atoms with Crippen LogP contribution in [0.1, 0.15) is 155 Å². The summed E-state index contributed by atoms with van der Waals surface area (Å²) in [4.78, 5) is 25.3. The molecule has 1 amide bonds. The van der Waals surface area contributed by atoms with E-state index in [1.807, 2.05) is 27.2 Å². The molecule has 0 saturated carbocycles. The normalized spacial score (nSPS) is 15.2. The molecule has 0 bridgehead atoms. The van der Waals surface area contributed by atoms with Crippen molar-refractivity contribution in [2.24, 2.45) is 0 Å². The first-order valence-electron chi connectivity index (χ1n) is 21.9. The van der Waals surface area contributed by atoms with Gasteiger partial charge in [-0.05, 0) is 77.0 Å². The Morgan fingerprint density at radius 3 is 1.66 bits per heavy atom. The van der Waals surface area contributed by atoms with E-state index in [2.05, 4.69) is 92.1 Å². The van der Waals surface area contributed by atoms with E-state index in [0.717, 1.165) is 89.9 Å². The smallest absolute Gasteiger partial charge is 0.268 e. The number of rotatable bonds is 38. The molecule has 0 saturated heterocycles. The molecule has 9 heteroatoms. The van der Waals surface area contributed by atoms with Gasteiger partial charge in [-0.3, -0.25) is 9.36 Å². The molecule has 0 spiro atoms. The van der Waals surface area contributed by atoms with Crippen molar-refractivity contribution in [3.63, 3.8) is 0 Å². The van der Waals surface area contributed by atoms with Gasteiger partial charge in [-0.15, -0.1) is 0 Å². The Bertz CT molecular complexity index is 1180. The van der Waals surface area contributed by atoms with E-state index >= 15 is 0 Å². The summed E-state index contributed by atoms with van der Waals surface area (Å²) in [5.74, 6) is -0.232. The van der Waals surface area contributed by atoms with Crippen LogP contribution in [0.15, 0.2) is 85.1 Å². The minimum absolute atomic E-state index is 0.0153. The molecule has 2 N–H and O–H groups in total. The number of allylic oxidation sites excluding steroid dienone is 13. The van der Waals surface area contributed by atoms with Crippen molar-refractivity contribution >= 4 is 13.7 Å². The number of hydrogen-bond donors (Lipinski definition) is 2. The summed E-state index contributed by atoms with van der Waals surface area (Å²) in [6, 6.07) is -0.917. The van der Waals surface area contributed by atoms with Gasteiger partial charge in [0.25, 0.3) is 7.82 Å². The molecule has 0 aromatic heterocycles. The summed E-state index contributed by atoms with van der Waals surface area (Å²) in [6.07, 6.45) is 52.0. The molecule has 0 aliphatic carbocycles. The Hall–Kier alpha value is -2.32. The Balaban J connectivity index is 4.50. The fraction of sp³-hybridized carbons (Fsp3) is 0.681. The van der Waals surface area contributed by atoms with Crippen molar-refractivity contribution in [1.82, 2.24) is 5.32 Å². The highest BCUT2D eigenvalue weighted by Gasteiger charge is 2.23. The molecule has 56 heavy (non-hydrogen) atoms. The third kappa shape index (κ3) is 39.9. The number of carbonyl (C=O) groups excluding carboxylic acids is 1. The third-order valence-corrected chi connectivity index (χ3v) is 10.1. The standard InChI is InChI=1S/C47H83N2O6P/c1-6-8-10-12-14-16-18-20-21-22-23-24-25-26-27-29-31-33-35-37-39-41-47(51)48-45(44-55-56(52,53)54-43-42-49(3,4)5)46(50)40-38-36-34-32-30-28-19-17-15-13-11-9-7-2/h8,10,14,16,20-21,23-24,26-27,30,32,38,40,45-46,50H,6-7,9,11-13,15,17-19,22,25,28-29,31,33-37,39,41-44H2,1-5H3,(H-,48,51,52,53)/b10-8-,16-14-,21-20-,24-23-,27-26-,32-30+,40-38+. The predicted molar refractivity (Wildman–Crippen MR) is 237 cm³/mol. The number of unbranched alkanes of at least 4 members (excludes halogenated alkanes) is 13. The van der Waals surface area contributed by atoms with Crippen LogP contribution in [0.4, 0.5) is 0 Å². The summed E-state index contributed by atoms with van der Waals surface area (Å²) < 4.78 is 23.1. The van der Waals surface area contributed by atoms with Crippen molar-refractivity contribution in [2.45, 2.75) is 167 Å². The number of phosphoric ester groups is 1. The summed E-state index contributed by atoms with van der Waals surface area (Å²) >= 11 is 0. The van der Waals surface area contributed by atoms with Crippen LogP contribution in [0.2, 0.25) is 0 Å². The zero-order valence-corrected chi connectivity index (χ0v) is 37.2. The Morgan fingerprint density at radius 1 is 0.643 bits per heavy atom. The number of nitrogens with zero attached hydrogens (tertiary/aromatic N) is 1. The van der Waals surface area contributed by atoms with Crippen LogP contribution < -0.4 is 10.2 Å². The van der Waals surface area contributed by atoms with Crippen LogP contribution in [-0.2, 0) is 18.4 Å². The van der Waals surface area contributed by atoms with E-state index in [0.29, 0.717) is 17.4 Å². The maximum Gasteiger partial charge on any atom is 0.268 e. The van der Waals surface area contributed by atoms with Gasteiger partial charge in [-0.1, -0.05) is 157 Å². The topological polar surface area (TPSA) is 108 Å². The van der Waals surface area contributed by atoms with Gasteiger partial charge >= 0.3 is 0 Å². The minimum Gasteiger partial charge on any atom is -0.756 e. The number of phosphoric acid groups is 1. The molecule has 0 heterocycles. The van der Waals surface area contributed by atoms with Gasteiger partial charge in [0.15, 0.2) is 0 Å². The molecule has 0 aromatic rings. The van der Waals surface area contributed by atoms with Crippen LogP contribution in [0.3, 0.4) is 0 Å². The fourth-order valence-corrected chi connectivity index (χ4v) is 6.33. The van der Waals surface area contributed by atoms with Crippen molar-refractivity contribution in [3.8, 4) is 0 Å². The Labute approximate surface area is 344 Å². The first kappa shape index (κ1) is 53.7. The van der Waals surface area contributed by atoms with Crippen molar-refractivity contribution in [3.05, 3.63) is 85.1 Å². The maximum atomic E-state index is 12.8. The molecule has 0 aliphatic rings. The second-order valence-electron chi connectivity index (χ2n) is 15.7. The lowest BCUT2D eigenvalue weighted by atomic mass is 10.1. The molecular weight excluding hydrogens is 719 g/mol. The lowest BCUT2D eigenvalue weighted by Gasteiger charge is -2.29. The molecular formula is C47H83N2O6P. The summed E-state index contributed by atoms with van der Waals surface area (Å²) in [5.41, 5.74) is 0. The van der Waals surface area contributed by atoms with Crippen LogP contribution in [-0.4, -0.2) is 68.5 Å². The Kier molecular flexibility index (Phi) is 36.6. The zero-order chi connectivity index (χ0) is 41.4. The van der Waals surface area contributed by atoms with E-state index in [9.17, 15) is 19.4 Å². The second kappa shape index (κ2) is 38.2. The first-order valence-corrected chi connectivity index (χ1v) is 23.4. The highest BCUT2D eigenvalue weighted by Crippen LogP contribution is 2.38. The van der Waals surface area contributed by atoms with Gasteiger partial charge in [0.05, 0.1) is 39.9 Å². The number of nitrogens with one attached hydrogen (secondary N) is 1. The van der Waals surface area contributed by atoms with Crippen LogP contribution in [0, 0.1) is 0 Å². The maximum absolute atomic E-state index is 12.8. The van der Waals surface area contributed by atoms with Crippen LogP contribution in [0.25, 0.3) is 0 Å². The molecule has 3 atom stereocenters. The first-order chi connectivity index (χ1) is 27.0. The van der Waals surface area contributed by atoms with Crippen molar-refractivity contribution in [2.75, 3.05) is 40.9 Å². The van der Waals surface area contributed by atoms with E-state index < -0.39 is 26.6 Å². The van der Waals surface area contributed by atoms with Crippen molar-refractivity contribution < 1.29 is 32.9 Å². The molecule has 322 valence electrons. The van der Waals surface area contributed by atoms with Gasteiger partial charge < -0.3 is 28.8 Å². The highest BCUT2D eigenvalue weighted by atomic mass is 31.2. The number of carbonyl (C=O) groups is 1. The van der Waals surface area contributed by atoms with E-state index in [1.54, 1.807) is 6.08 Å². The number of aliphatic hydroxyl groups excluding tert-OH is 1. The van der Waals surface area contributed by atoms with Gasteiger partial charge in [-0.2, -0.15) is 0 Å². The molecule has 8 nitrogen and oxygen atoms in total. The molecule has 3 unspecified atom stereocenters. The number of quaternary nitrogens is 1. The second-order valence-corrected chi connectivity index (χ2v) is 17.1. The van der Waals surface area contributed by atoms with Crippen LogP contribution >= 0.6 is 7.82 Å². The average Bonchev–Trinajstić information content (AvgIpc) is 3.15. The SMILES string of the molecule is CC/C=C\C/C=C\C/C=C\C/C=C\C/C=C\CCCCCCCC(=O)NC(COP(=O)([O-])OCC[N+](C)(C)C)C(O)/C=C/CC/C=C/CCCCCCCCC. The number of likely N-dealkylation sites (N-methyl/N-ethyl adjacent to an activating group) is 1. The van der Waals surface area contributed by atoms with E-state index in [-0.39, 0.29) is 12.5 Å². The Morgan fingerprint density at radius 2 is 1.11 bits per heavy atom. The largest absolute Gasteiger partial charge is 0.756 e. The fourth-order valence-electron chi connectivity index (χ4n) is 5.60. The van der Waals surface area contributed by atoms with Gasteiger partial charge in [0.2, 0.25) is 5.91 Å². The lowest BCUT2D eigenvalue weighted by Crippen LogP contribution is -2.45. The van der Waals surface area contributed by atoms with Gasteiger partial charge in [0.1, 0.15) is 13.2 Å². The molecule has 0 aromatic carbocycles. The lowest BCUT2D eigenvalue weighted by molar-refractivity contribution is -0.870. The quantitative estimate of drug-likeness (QED) is 0.0279. The number of aliphatic hydroxyl groups is 1. The molecule has 0 fully saturated rings. The summed E-state index contributed by atoms with van der Waals surface area (Å²) in [7, 11) is 1.21. The monoisotopic (exact) mass is 803 g/mol. The number of amides is 1. The molecule has 0 aliphatic heterocycles. The van der Waals surface area contributed by atoms with E-state index in [1.165, 1.54) is 44.9 Å². The zero-order valence-electron chi connectivity index (χ0n) is 36.3. The summed E-state index contributed by atoms with van der Waals surface area (Å²) in [5, 5.41) is 13.7. The molecule has 0 radical (unpaired) electrons. The minimum atomic E-state index is -4.60. The highest BCUT2D eigenvalue weighted by molar-refractivity contribution is 7.45. The van der Waals surface area contributed by atoms with Crippen molar-refractivity contribution in [1.29, 1.82) is 0 Å². The van der Waals surface area contributed by atoms with Gasteiger partial charge in [-0.25, -0.2) is 0 Å². The average molecular weight is 803 g/mol. The third-order valence-electron chi connectivity index (χ3n) is 9.09. The number of hydrogen-bond acceptors (Lipinski definition) is 6. The van der Waals surface area contributed by atoms with Gasteiger partial charge in [0, 0.05) is 6.42 Å².